The van der Waals surface area contributed by atoms with Gasteiger partial charge in [0, 0.05) is 13.2 Å². The maximum atomic E-state index is 11.2. The van der Waals surface area contributed by atoms with Crippen molar-refractivity contribution in [2.45, 2.75) is 136 Å². The van der Waals surface area contributed by atoms with Gasteiger partial charge in [-0.2, -0.15) is 0 Å². The lowest BCUT2D eigenvalue weighted by atomic mass is 9.39. The summed E-state index contributed by atoms with van der Waals surface area (Å²) in [5.74, 6) is 4.64. The molecule has 0 aromatic rings. The van der Waals surface area contributed by atoms with E-state index >= 15 is 0 Å². The van der Waals surface area contributed by atoms with Crippen LogP contribution in [0.1, 0.15) is 125 Å². The van der Waals surface area contributed by atoms with Gasteiger partial charge >= 0.3 is 0 Å². The Bertz CT molecular complexity index is 747. The third kappa shape index (κ3) is 4.36. The van der Waals surface area contributed by atoms with Crippen molar-refractivity contribution in [3.63, 3.8) is 0 Å². The van der Waals surface area contributed by atoms with Gasteiger partial charge in [-0.25, -0.2) is 0 Å². The molecule has 2 N–H and O–H groups in total. The molecule has 35 heavy (non-hydrogen) atoms. The second kappa shape index (κ2) is 9.57. The predicted molar refractivity (Wildman–Crippen MR) is 143 cm³/mol. The highest BCUT2D eigenvalue weighted by Crippen LogP contribution is 2.72. The van der Waals surface area contributed by atoms with E-state index in [1.807, 2.05) is 0 Å². The second-order valence-electron chi connectivity index (χ2n) is 14.9. The first-order valence-corrected chi connectivity index (χ1v) is 15.5. The molecule has 4 aliphatic carbocycles. The summed E-state index contributed by atoms with van der Waals surface area (Å²) in [6, 6.07) is 0. The Morgan fingerprint density at radius 1 is 0.857 bits per heavy atom. The number of fused-ring (bicyclic) bond motifs is 5. The maximum absolute atomic E-state index is 11.2. The molecule has 5 aliphatic rings. The molecule has 1 aliphatic heterocycles. The van der Waals surface area contributed by atoms with Crippen LogP contribution in [0.4, 0.5) is 0 Å². The van der Waals surface area contributed by atoms with Crippen LogP contribution >= 0.6 is 0 Å². The molecular weight excluding hydrogens is 432 g/mol. The number of aliphatic hydroxyl groups excluding tert-OH is 1. The molecule has 3 heteroatoms. The molecule has 0 unspecified atom stereocenters. The summed E-state index contributed by atoms with van der Waals surface area (Å²) in [5, 5.41) is 22.1. The molecule has 202 valence electrons. The normalized spacial score (nSPS) is 50.1. The minimum absolute atomic E-state index is 0.133. The van der Waals surface area contributed by atoms with Crippen LogP contribution in [0.5, 0.6) is 0 Å². The molecule has 0 radical (unpaired) electrons. The fourth-order valence-electron chi connectivity index (χ4n) is 11.0. The highest BCUT2D eigenvalue weighted by Gasteiger charge is 2.64. The highest BCUT2D eigenvalue weighted by molar-refractivity contribution is 5.14. The number of rotatable bonds is 6. The average Bonchev–Trinajstić information content (AvgIpc) is 3.21. The quantitative estimate of drug-likeness (QED) is 0.410. The topological polar surface area (TPSA) is 49.7 Å². The summed E-state index contributed by atoms with van der Waals surface area (Å²) in [4.78, 5) is 0. The maximum Gasteiger partial charge on any atom is 0.0650 e. The van der Waals surface area contributed by atoms with E-state index in [0.717, 1.165) is 81.3 Å². The van der Waals surface area contributed by atoms with Gasteiger partial charge in [-0.05, 0) is 142 Å². The van der Waals surface area contributed by atoms with E-state index < -0.39 is 5.60 Å². The van der Waals surface area contributed by atoms with Crippen LogP contribution < -0.4 is 0 Å². The van der Waals surface area contributed by atoms with Gasteiger partial charge in [-0.15, -0.1) is 0 Å². The van der Waals surface area contributed by atoms with Crippen molar-refractivity contribution in [3.8, 4) is 0 Å². The van der Waals surface area contributed by atoms with E-state index in [9.17, 15) is 10.2 Å². The van der Waals surface area contributed by atoms with E-state index in [4.69, 9.17) is 4.74 Å². The molecule has 1 heterocycles. The first-order chi connectivity index (χ1) is 16.6. The van der Waals surface area contributed by atoms with Crippen LogP contribution in [-0.4, -0.2) is 35.1 Å². The number of hydrogen-bond donors (Lipinski definition) is 2. The summed E-state index contributed by atoms with van der Waals surface area (Å²) in [5.41, 5.74) is 0.771. The van der Waals surface area contributed by atoms with Gasteiger partial charge in [-0.3, -0.25) is 0 Å². The lowest BCUT2D eigenvalue weighted by Crippen LogP contribution is -2.60. The van der Waals surface area contributed by atoms with Gasteiger partial charge in [0.15, 0.2) is 0 Å². The number of hydrogen-bond acceptors (Lipinski definition) is 3. The van der Waals surface area contributed by atoms with Crippen molar-refractivity contribution in [3.05, 3.63) is 0 Å². The first-order valence-electron chi connectivity index (χ1n) is 15.5. The summed E-state index contributed by atoms with van der Waals surface area (Å²) in [7, 11) is 0. The van der Waals surface area contributed by atoms with Crippen LogP contribution in [0.3, 0.4) is 0 Å². The zero-order valence-corrected chi connectivity index (χ0v) is 23.7. The average molecular weight is 489 g/mol. The highest BCUT2D eigenvalue weighted by atomic mass is 16.5. The molecule has 0 aromatic carbocycles. The molecule has 0 bridgehead atoms. The van der Waals surface area contributed by atoms with Gasteiger partial charge in [-0.1, -0.05) is 34.6 Å². The molecular formula is C32H56O3. The minimum atomic E-state index is -0.423. The fourth-order valence-corrected chi connectivity index (χ4v) is 11.0. The van der Waals surface area contributed by atoms with Crippen molar-refractivity contribution in [2.24, 2.45) is 51.8 Å². The Labute approximate surface area is 216 Å². The van der Waals surface area contributed by atoms with E-state index in [1.54, 1.807) is 0 Å². The van der Waals surface area contributed by atoms with Crippen molar-refractivity contribution < 1.29 is 14.9 Å². The second-order valence-corrected chi connectivity index (χ2v) is 14.9. The Morgan fingerprint density at radius 3 is 2.31 bits per heavy atom. The van der Waals surface area contributed by atoms with Gasteiger partial charge in [0.1, 0.15) is 0 Å². The van der Waals surface area contributed by atoms with Gasteiger partial charge < -0.3 is 14.9 Å². The molecule has 5 fully saturated rings. The molecule has 4 saturated carbocycles. The zero-order chi connectivity index (χ0) is 25.1. The molecule has 5 rings (SSSR count). The van der Waals surface area contributed by atoms with E-state index in [2.05, 4.69) is 34.6 Å². The SMILES string of the molecule is CC[C@]1(O)CC[C@]2(C)[C@H]3CC[C@]4(C)[C@@H]([C@H](C)CC[C@H](O)C5CCOCC5)CC[C@H]4[C@@H]3CC[C@@]2(C)C1. The summed E-state index contributed by atoms with van der Waals surface area (Å²) < 4.78 is 5.51. The smallest absolute Gasteiger partial charge is 0.0650 e. The van der Waals surface area contributed by atoms with Crippen LogP contribution in [0.15, 0.2) is 0 Å². The van der Waals surface area contributed by atoms with Gasteiger partial charge in [0.05, 0.1) is 11.7 Å². The predicted octanol–water partition coefficient (Wildman–Crippen LogP) is 7.38. The summed E-state index contributed by atoms with van der Waals surface area (Å²) in [6.07, 6.45) is 16.6. The van der Waals surface area contributed by atoms with Crippen LogP contribution in [-0.2, 0) is 4.74 Å². The van der Waals surface area contributed by atoms with E-state index in [0.29, 0.717) is 22.2 Å². The summed E-state index contributed by atoms with van der Waals surface area (Å²) in [6.45, 7) is 14.2. The first kappa shape index (κ1) is 26.5. The Balaban J connectivity index is 1.25. The Hall–Kier alpha value is -0.120. The third-order valence-electron chi connectivity index (χ3n) is 13.6. The van der Waals surface area contributed by atoms with Crippen molar-refractivity contribution in [2.75, 3.05) is 13.2 Å². The third-order valence-corrected chi connectivity index (χ3v) is 13.6. The van der Waals surface area contributed by atoms with Crippen LogP contribution in [0, 0.1) is 51.8 Å². The van der Waals surface area contributed by atoms with Crippen LogP contribution in [0.25, 0.3) is 0 Å². The van der Waals surface area contributed by atoms with Crippen molar-refractivity contribution >= 4 is 0 Å². The van der Waals surface area contributed by atoms with Crippen molar-refractivity contribution in [1.82, 2.24) is 0 Å². The molecule has 1 saturated heterocycles. The lowest BCUT2D eigenvalue weighted by molar-refractivity contribution is -0.194. The monoisotopic (exact) mass is 488 g/mol. The van der Waals surface area contributed by atoms with Gasteiger partial charge in [0.25, 0.3) is 0 Å². The molecule has 0 spiro atoms. The molecule has 10 atom stereocenters. The number of aliphatic hydroxyl groups is 2. The largest absolute Gasteiger partial charge is 0.393 e. The standard InChI is InChI=1S/C32H56O3/c1-6-32(34)18-17-31(5)27-12-16-30(4)25(8-9-26(30)24(27)11-15-29(31,3)21-32)22(2)7-10-28(33)23-13-19-35-20-14-23/h22-28,33-34H,6-21H2,1-5H3/t22-,24+,25-,26+,27+,28+,29+,30-,31-,32+/m1/s1. The Morgan fingerprint density at radius 2 is 1.60 bits per heavy atom. The zero-order valence-electron chi connectivity index (χ0n) is 23.7. The van der Waals surface area contributed by atoms with Crippen molar-refractivity contribution in [1.29, 1.82) is 0 Å². The fraction of sp³-hybridized carbons (Fsp3) is 1.00. The van der Waals surface area contributed by atoms with E-state index in [1.165, 1.54) is 51.4 Å². The van der Waals surface area contributed by atoms with Crippen LogP contribution in [0.2, 0.25) is 0 Å². The molecule has 0 aromatic heterocycles. The van der Waals surface area contributed by atoms with E-state index in [-0.39, 0.29) is 6.10 Å². The minimum Gasteiger partial charge on any atom is -0.393 e. The lowest BCUT2D eigenvalue weighted by Gasteiger charge is -2.66. The number of ether oxygens (including phenoxy) is 1. The molecule has 0 amide bonds. The Kier molecular flexibility index (Phi) is 7.24. The molecule has 3 nitrogen and oxygen atoms in total. The summed E-state index contributed by atoms with van der Waals surface area (Å²) >= 11 is 0. The van der Waals surface area contributed by atoms with Gasteiger partial charge in [0.2, 0.25) is 0 Å².